The highest BCUT2D eigenvalue weighted by atomic mass is 16.8. The predicted octanol–water partition coefficient (Wildman–Crippen LogP) is 6.20. The standard InChI is InChI=1S/C30H50O5/c1-19-11-18-30-27(7,16-14-23(34-30)26(5,6)35-30)21(19)12-17-29(32)20(2)9-10-24-28(29,8)15-13-22(31)25(3,4)33-24/h19-21,23-24,32H,9-18H2,1-8H3/t19-,20+,21-,23+,24+,27+,28-,29+,30+/m1/s1. The van der Waals surface area contributed by atoms with Gasteiger partial charge in [-0.05, 0) is 96.8 Å². The maximum absolute atomic E-state index is 12.9. The zero-order valence-corrected chi connectivity index (χ0v) is 23.5. The van der Waals surface area contributed by atoms with E-state index in [1.807, 2.05) is 13.8 Å². The van der Waals surface area contributed by atoms with Crippen LogP contribution in [0.5, 0.6) is 0 Å². The third-order valence-corrected chi connectivity index (χ3v) is 12.0. The van der Waals surface area contributed by atoms with Crippen molar-refractivity contribution >= 4 is 5.78 Å². The SMILES string of the molecule is C[C@@H]1CC[C@@]23O[C@@H](CC[C@@]2(C)[C@@H]1CC[C@]1(O)[C@@H](C)CC[C@@H]2OC(C)(C)C(=O)CC[C@]21C)C(C)(C)O3. The van der Waals surface area contributed by atoms with Crippen LogP contribution in [0.4, 0.5) is 0 Å². The van der Waals surface area contributed by atoms with Crippen LogP contribution >= 0.6 is 0 Å². The number of carbonyl (C=O) groups excluding carboxylic acids is 1. The third kappa shape index (κ3) is 3.57. The highest BCUT2D eigenvalue weighted by molar-refractivity contribution is 5.86. The van der Waals surface area contributed by atoms with Crippen LogP contribution < -0.4 is 0 Å². The Labute approximate surface area is 213 Å². The molecular formula is C30H50O5. The van der Waals surface area contributed by atoms with Crippen molar-refractivity contribution in [1.29, 1.82) is 0 Å². The first-order valence-corrected chi connectivity index (χ1v) is 14.4. The fourth-order valence-corrected chi connectivity index (χ4v) is 9.25. The van der Waals surface area contributed by atoms with Crippen molar-refractivity contribution in [3.05, 3.63) is 0 Å². The lowest BCUT2D eigenvalue weighted by Gasteiger charge is -2.59. The van der Waals surface area contributed by atoms with Crippen molar-refractivity contribution in [3.63, 3.8) is 0 Å². The van der Waals surface area contributed by atoms with E-state index in [2.05, 4.69) is 41.5 Å². The van der Waals surface area contributed by atoms with Crippen molar-refractivity contribution < 1.29 is 24.1 Å². The second kappa shape index (κ2) is 8.01. The lowest BCUT2D eigenvalue weighted by molar-refractivity contribution is -0.310. The summed E-state index contributed by atoms with van der Waals surface area (Å²) < 4.78 is 20.0. The number of carbonyl (C=O) groups is 1. The number of aliphatic hydroxyl groups is 1. The summed E-state index contributed by atoms with van der Waals surface area (Å²) in [5.41, 5.74) is -2.35. The van der Waals surface area contributed by atoms with E-state index in [-0.39, 0.29) is 34.9 Å². The van der Waals surface area contributed by atoms with Gasteiger partial charge in [0.2, 0.25) is 0 Å². The number of rotatable bonds is 3. The summed E-state index contributed by atoms with van der Waals surface area (Å²) in [6, 6.07) is 0. The van der Waals surface area contributed by atoms with E-state index in [9.17, 15) is 9.90 Å². The van der Waals surface area contributed by atoms with Gasteiger partial charge in [-0.15, -0.1) is 0 Å². The molecule has 200 valence electrons. The number of ketones is 1. The van der Waals surface area contributed by atoms with Gasteiger partial charge in [0.05, 0.1) is 23.4 Å². The van der Waals surface area contributed by atoms with E-state index in [1.54, 1.807) is 0 Å². The van der Waals surface area contributed by atoms with Crippen LogP contribution in [0.2, 0.25) is 0 Å². The smallest absolute Gasteiger partial charge is 0.175 e. The first-order chi connectivity index (χ1) is 16.1. The predicted molar refractivity (Wildman–Crippen MR) is 136 cm³/mol. The third-order valence-electron chi connectivity index (χ3n) is 12.0. The molecule has 2 aliphatic carbocycles. The molecule has 5 nitrogen and oxygen atoms in total. The minimum absolute atomic E-state index is 0.0541. The van der Waals surface area contributed by atoms with Crippen molar-refractivity contribution in [2.24, 2.45) is 28.6 Å². The first kappa shape index (κ1) is 26.1. The largest absolute Gasteiger partial charge is 0.389 e. The van der Waals surface area contributed by atoms with Crippen LogP contribution in [-0.4, -0.2) is 45.7 Å². The van der Waals surface area contributed by atoms with Gasteiger partial charge < -0.3 is 19.3 Å². The minimum Gasteiger partial charge on any atom is -0.389 e. The van der Waals surface area contributed by atoms with Gasteiger partial charge in [0.15, 0.2) is 11.6 Å². The van der Waals surface area contributed by atoms with Gasteiger partial charge in [-0.1, -0.05) is 27.7 Å². The Morgan fingerprint density at radius 1 is 0.857 bits per heavy atom. The quantitative estimate of drug-likeness (QED) is 0.510. The molecule has 35 heavy (non-hydrogen) atoms. The molecule has 0 radical (unpaired) electrons. The maximum Gasteiger partial charge on any atom is 0.175 e. The average molecular weight is 491 g/mol. The minimum atomic E-state index is -0.856. The molecule has 3 saturated heterocycles. The van der Waals surface area contributed by atoms with Crippen LogP contribution in [0.3, 0.4) is 0 Å². The van der Waals surface area contributed by atoms with Crippen LogP contribution in [0.15, 0.2) is 0 Å². The van der Waals surface area contributed by atoms with Crippen LogP contribution in [-0.2, 0) is 19.0 Å². The molecule has 5 heteroatoms. The van der Waals surface area contributed by atoms with Crippen LogP contribution in [0.25, 0.3) is 0 Å². The van der Waals surface area contributed by atoms with E-state index in [1.165, 1.54) is 0 Å². The summed E-state index contributed by atoms with van der Waals surface area (Å²) in [6.07, 6.45) is 9.04. The van der Waals surface area contributed by atoms with Gasteiger partial charge in [0.1, 0.15) is 5.60 Å². The molecule has 0 amide bonds. The molecule has 0 aromatic carbocycles. The number of Topliss-reactive ketones (excluding diaryl/α,β-unsaturated/α-hetero) is 1. The molecule has 0 aromatic heterocycles. The van der Waals surface area contributed by atoms with Gasteiger partial charge >= 0.3 is 0 Å². The number of hydrogen-bond acceptors (Lipinski definition) is 5. The van der Waals surface area contributed by atoms with E-state index in [4.69, 9.17) is 14.2 Å². The van der Waals surface area contributed by atoms with E-state index >= 15 is 0 Å². The molecule has 2 bridgehead atoms. The first-order valence-electron chi connectivity index (χ1n) is 14.4. The zero-order chi connectivity index (χ0) is 25.7. The fraction of sp³-hybridized carbons (Fsp3) is 0.967. The van der Waals surface area contributed by atoms with Crippen LogP contribution in [0.1, 0.15) is 120 Å². The summed E-state index contributed by atoms with van der Waals surface area (Å²) in [4.78, 5) is 12.9. The highest BCUT2D eigenvalue weighted by Gasteiger charge is 2.68. The Morgan fingerprint density at radius 3 is 2.29 bits per heavy atom. The molecule has 3 heterocycles. The molecule has 1 spiro atoms. The van der Waals surface area contributed by atoms with Gasteiger partial charge in [-0.3, -0.25) is 4.79 Å². The van der Waals surface area contributed by atoms with Gasteiger partial charge in [-0.2, -0.15) is 0 Å². The Hall–Kier alpha value is -0.490. The monoisotopic (exact) mass is 490 g/mol. The Balaban J connectivity index is 1.43. The Morgan fingerprint density at radius 2 is 1.57 bits per heavy atom. The molecule has 9 atom stereocenters. The Kier molecular flexibility index (Phi) is 5.98. The molecule has 3 aliphatic heterocycles. The lowest BCUT2D eigenvalue weighted by Crippen LogP contribution is -2.62. The summed E-state index contributed by atoms with van der Waals surface area (Å²) in [6.45, 7) is 17.4. The summed E-state index contributed by atoms with van der Waals surface area (Å²) in [5.74, 6) is 0.837. The summed E-state index contributed by atoms with van der Waals surface area (Å²) in [7, 11) is 0. The molecule has 0 unspecified atom stereocenters. The number of hydrogen-bond donors (Lipinski definition) is 1. The molecule has 1 N–H and O–H groups in total. The van der Waals surface area contributed by atoms with Crippen molar-refractivity contribution in [1.82, 2.24) is 0 Å². The lowest BCUT2D eigenvalue weighted by atomic mass is 9.52. The zero-order valence-electron chi connectivity index (χ0n) is 23.5. The average Bonchev–Trinajstić information content (AvgIpc) is 2.95. The van der Waals surface area contributed by atoms with Crippen molar-refractivity contribution in [2.75, 3.05) is 0 Å². The number of ether oxygens (including phenoxy) is 3. The second-order valence-corrected chi connectivity index (χ2v) is 14.5. The molecule has 5 aliphatic rings. The second-order valence-electron chi connectivity index (χ2n) is 14.5. The van der Waals surface area contributed by atoms with Gasteiger partial charge in [0.25, 0.3) is 0 Å². The van der Waals surface area contributed by atoms with E-state index < -0.39 is 22.4 Å². The highest BCUT2D eigenvalue weighted by Crippen LogP contribution is 2.65. The normalized spacial score (nSPS) is 52.9. The molecule has 0 aromatic rings. The van der Waals surface area contributed by atoms with Gasteiger partial charge in [-0.25, -0.2) is 0 Å². The summed E-state index contributed by atoms with van der Waals surface area (Å²) in [5, 5.41) is 12.5. The molecule has 2 saturated carbocycles. The molecule has 5 fully saturated rings. The van der Waals surface area contributed by atoms with E-state index in [0.29, 0.717) is 24.7 Å². The van der Waals surface area contributed by atoms with E-state index in [0.717, 1.165) is 51.4 Å². The van der Waals surface area contributed by atoms with Crippen molar-refractivity contribution in [3.8, 4) is 0 Å². The topological polar surface area (TPSA) is 65.0 Å². The number of fused-ring (bicyclic) bond motifs is 2. The van der Waals surface area contributed by atoms with Crippen LogP contribution in [0, 0.1) is 28.6 Å². The fourth-order valence-electron chi connectivity index (χ4n) is 9.25. The Bertz CT molecular complexity index is 867. The molecular weight excluding hydrogens is 440 g/mol. The van der Waals surface area contributed by atoms with Crippen molar-refractivity contribution in [2.45, 2.75) is 154 Å². The molecule has 5 rings (SSSR count). The summed E-state index contributed by atoms with van der Waals surface area (Å²) >= 11 is 0. The van der Waals surface area contributed by atoms with Gasteiger partial charge in [0, 0.05) is 23.7 Å². The maximum atomic E-state index is 12.9.